The van der Waals surface area contributed by atoms with Gasteiger partial charge in [-0.3, -0.25) is 4.79 Å². The van der Waals surface area contributed by atoms with Gasteiger partial charge in [0.2, 0.25) is 0 Å². The minimum Gasteiger partial charge on any atom is -0.345 e. The normalized spacial score (nSPS) is 16.7. The first kappa shape index (κ1) is 24.5. The van der Waals surface area contributed by atoms with E-state index in [4.69, 9.17) is 0 Å². The van der Waals surface area contributed by atoms with Gasteiger partial charge in [-0.25, -0.2) is 4.98 Å². The van der Waals surface area contributed by atoms with Crippen molar-refractivity contribution >= 4 is 17.2 Å². The number of piperidine rings is 1. The van der Waals surface area contributed by atoms with Crippen molar-refractivity contribution in [3.63, 3.8) is 0 Å². The number of alkyl halides is 6. The van der Waals surface area contributed by atoms with E-state index in [1.807, 2.05) is 0 Å². The monoisotopic (exact) mass is 479 g/mol. The summed E-state index contributed by atoms with van der Waals surface area (Å²) >= 11 is 0.678. The molecule has 1 aliphatic rings. The number of nitrogens with zero attached hydrogens (tertiary/aromatic N) is 2. The van der Waals surface area contributed by atoms with E-state index < -0.39 is 40.4 Å². The molecule has 1 unspecified atom stereocenters. The number of benzene rings is 1. The standard InChI is InChI=1S/C21H23F6N3OS/c1-13(14-6-5-7-15(12-14)20(22,23)24)28-19(31)17-18(21(25,26)27)29-16(32-17)8-11-30-9-3-2-4-10-30/h5-7,12-13H,2-4,8-11H2,1H3,(H,28,31). The third-order valence-electron chi connectivity index (χ3n) is 5.30. The first-order valence-corrected chi connectivity index (χ1v) is 11.0. The smallest absolute Gasteiger partial charge is 0.345 e. The third-order valence-corrected chi connectivity index (χ3v) is 6.41. The number of amides is 1. The van der Waals surface area contributed by atoms with E-state index >= 15 is 0 Å². The zero-order valence-electron chi connectivity index (χ0n) is 17.3. The van der Waals surface area contributed by atoms with Crippen LogP contribution in [0, 0.1) is 0 Å². The van der Waals surface area contributed by atoms with Crippen LogP contribution < -0.4 is 5.32 Å². The maximum Gasteiger partial charge on any atom is 0.435 e. The third kappa shape index (κ3) is 6.22. The minimum atomic E-state index is -4.81. The van der Waals surface area contributed by atoms with Crippen LogP contribution >= 0.6 is 11.3 Å². The van der Waals surface area contributed by atoms with Gasteiger partial charge < -0.3 is 10.2 Å². The Labute approximate surface area is 185 Å². The van der Waals surface area contributed by atoms with E-state index in [2.05, 4.69) is 15.2 Å². The van der Waals surface area contributed by atoms with Crippen LogP contribution in [-0.2, 0) is 18.8 Å². The average molecular weight is 479 g/mol. The average Bonchev–Trinajstić information content (AvgIpc) is 3.18. The van der Waals surface area contributed by atoms with Crippen molar-refractivity contribution in [3.8, 4) is 0 Å². The molecule has 1 amide bonds. The molecule has 11 heteroatoms. The summed E-state index contributed by atoms with van der Waals surface area (Å²) in [6, 6.07) is 3.39. The Morgan fingerprint density at radius 1 is 1.12 bits per heavy atom. The van der Waals surface area contributed by atoms with Crippen LogP contribution in [0.15, 0.2) is 24.3 Å². The van der Waals surface area contributed by atoms with Gasteiger partial charge in [0.1, 0.15) is 4.88 Å². The van der Waals surface area contributed by atoms with Crippen molar-refractivity contribution in [2.45, 2.75) is 51.0 Å². The predicted molar refractivity (Wildman–Crippen MR) is 108 cm³/mol. The highest BCUT2D eigenvalue weighted by atomic mass is 32.1. The summed E-state index contributed by atoms with van der Waals surface area (Å²) in [6.45, 7) is 3.75. The van der Waals surface area contributed by atoms with Crippen molar-refractivity contribution < 1.29 is 31.1 Å². The van der Waals surface area contributed by atoms with Crippen molar-refractivity contribution in [2.24, 2.45) is 0 Å². The lowest BCUT2D eigenvalue weighted by Crippen LogP contribution is -2.31. The Morgan fingerprint density at radius 2 is 1.81 bits per heavy atom. The van der Waals surface area contributed by atoms with Crippen LogP contribution in [0.3, 0.4) is 0 Å². The molecule has 1 saturated heterocycles. The van der Waals surface area contributed by atoms with Crippen LogP contribution in [0.25, 0.3) is 0 Å². The van der Waals surface area contributed by atoms with E-state index in [0.717, 1.165) is 44.5 Å². The molecule has 0 aliphatic carbocycles. The Morgan fingerprint density at radius 3 is 2.44 bits per heavy atom. The number of thiazole rings is 1. The molecule has 1 N–H and O–H groups in total. The summed E-state index contributed by atoms with van der Waals surface area (Å²) in [5, 5.41) is 2.58. The number of halogens is 6. The first-order valence-electron chi connectivity index (χ1n) is 10.2. The zero-order chi connectivity index (χ0) is 23.5. The highest BCUT2D eigenvalue weighted by molar-refractivity contribution is 7.13. The molecule has 3 rings (SSSR count). The summed E-state index contributed by atoms with van der Waals surface area (Å²) in [4.78, 5) is 17.9. The number of rotatable bonds is 6. The van der Waals surface area contributed by atoms with Crippen LogP contribution in [0.1, 0.15) is 63.7 Å². The van der Waals surface area contributed by atoms with E-state index in [1.54, 1.807) is 0 Å². The molecular weight excluding hydrogens is 456 g/mol. The summed E-state index contributed by atoms with van der Waals surface area (Å²) in [6.07, 6.45) is -5.85. The quantitative estimate of drug-likeness (QED) is 0.541. The Balaban J connectivity index is 1.75. The lowest BCUT2D eigenvalue weighted by Gasteiger charge is -2.25. The lowest BCUT2D eigenvalue weighted by atomic mass is 10.0. The van der Waals surface area contributed by atoms with Crippen molar-refractivity contribution in [1.29, 1.82) is 0 Å². The SMILES string of the molecule is CC(NC(=O)c1sc(CCN2CCCCC2)nc1C(F)(F)F)c1cccc(C(F)(F)F)c1. The molecule has 1 atom stereocenters. The van der Waals surface area contributed by atoms with Gasteiger partial charge in [-0.1, -0.05) is 18.6 Å². The molecule has 0 saturated carbocycles. The minimum absolute atomic E-state index is 0.136. The van der Waals surface area contributed by atoms with Gasteiger partial charge in [0.05, 0.1) is 16.6 Å². The summed E-state index contributed by atoms with van der Waals surface area (Å²) in [5.41, 5.74) is -2.02. The second kappa shape index (κ2) is 9.78. The van der Waals surface area contributed by atoms with Crippen LogP contribution in [0.5, 0.6) is 0 Å². The molecular formula is C21H23F6N3OS. The molecule has 2 heterocycles. The molecule has 0 spiro atoms. The predicted octanol–water partition coefficient (Wildman–Crippen LogP) is 5.70. The zero-order valence-corrected chi connectivity index (χ0v) is 18.1. The molecule has 1 aliphatic heterocycles. The highest BCUT2D eigenvalue weighted by Crippen LogP contribution is 2.35. The fourth-order valence-corrected chi connectivity index (χ4v) is 4.56. The summed E-state index contributed by atoms with van der Waals surface area (Å²) in [5.74, 6) is -1.01. The fourth-order valence-electron chi connectivity index (χ4n) is 3.58. The molecule has 4 nitrogen and oxygen atoms in total. The highest BCUT2D eigenvalue weighted by Gasteiger charge is 2.40. The second-order valence-electron chi connectivity index (χ2n) is 7.75. The topological polar surface area (TPSA) is 45.2 Å². The number of carbonyl (C=O) groups excluding carboxylic acids is 1. The molecule has 32 heavy (non-hydrogen) atoms. The number of hydrogen-bond donors (Lipinski definition) is 1. The van der Waals surface area contributed by atoms with Gasteiger partial charge >= 0.3 is 12.4 Å². The van der Waals surface area contributed by atoms with E-state index in [0.29, 0.717) is 24.3 Å². The molecule has 176 valence electrons. The molecule has 1 aromatic heterocycles. The largest absolute Gasteiger partial charge is 0.435 e. The summed E-state index contributed by atoms with van der Waals surface area (Å²) in [7, 11) is 0. The van der Waals surface area contributed by atoms with Gasteiger partial charge in [-0.15, -0.1) is 11.3 Å². The Hall–Kier alpha value is -2.14. The molecule has 1 fully saturated rings. The maximum absolute atomic E-state index is 13.5. The number of carbonyl (C=O) groups is 1. The second-order valence-corrected chi connectivity index (χ2v) is 8.84. The van der Waals surface area contributed by atoms with E-state index in [-0.39, 0.29) is 10.6 Å². The lowest BCUT2D eigenvalue weighted by molar-refractivity contribution is -0.141. The van der Waals surface area contributed by atoms with Gasteiger partial charge in [-0.05, 0) is 50.6 Å². The van der Waals surface area contributed by atoms with Crippen molar-refractivity contribution in [1.82, 2.24) is 15.2 Å². The van der Waals surface area contributed by atoms with E-state index in [9.17, 15) is 31.1 Å². The Bertz CT molecular complexity index is 934. The molecule has 0 radical (unpaired) electrons. The van der Waals surface area contributed by atoms with Gasteiger partial charge in [0.15, 0.2) is 5.69 Å². The number of likely N-dealkylation sites (tertiary alicyclic amines) is 1. The van der Waals surface area contributed by atoms with Gasteiger partial charge in [0, 0.05) is 13.0 Å². The van der Waals surface area contributed by atoms with Crippen LogP contribution in [-0.4, -0.2) is 35.4 Å². The molecule has 1 aromatic carbocycles. The Kier molecular flexibility index (Phi) is 7.49. The van der Waals surface area contributed by atoms with Crippen LogP contribution in [0.2, 0.25) is 0 Å². The van der Waals surface area contributed by atoms with Gasteiger partial charge in [-0.2, -0.15) is 26.3 Å². The molecule has 2 aromatic rings. The number of aromatic nitrogens is 1. The van der Waals surface area contributed by atoms with E-state index in [1.165, 1.54) is 19.1 Å². The van der Waals surface area contributed by atoms with Crippen LogP contribution in [0.4, 0.5) is 26.3 Å². The fraction of sp³-hybridized carbons (Fsp3) is 0.524. The van der Waals surface area contributed by atoms with Gasteiger partial charge in [0.25, 0.3) is 5.91 Å². The molecule has 0 bridgehead atoms. The van der Waals surface area contributed by atoms with Crippen molar-refractivity contribution in [2.75, 3.05) is 19.6 Å². The number of nitrogens with one attached hydrogen (secondary N) is 1. The van der Waals surface area contributed by atoms with Crippen molar-refractivity contribution in [3.05, 3.63) is 51.0 Å². The first-order chi connectivity index (χ1) is 14.9. The summed E-state index contributed by atoms with van der Waals surface area (Å²) < 4.78 is 79.3. The number of hydrogen-bond acceptors (Lipinski definition) is 4. The maximum atomic E-state index is 13.5.